The summed E-state index contributed by atoms with van der Waals surface area (Å²) < 4.78 is 0. The van der Waals surface area contributed by atoms with Gasteiger partial charge in [0.1, 0.15) is 0 Å². The van der Waals surface area contributed by atoms with Gasteiger partial charge in [-0.25, -0.2) is 0 Å². The molecule has 1 N–H and O–H groups in total. The van der Waals surface area contributed by atoms with Crippen molar-refractivity contribution >= 4 is 5.91 Å². The van der Waals surface area contributed by atoms with E-state index in [9.17, 15) is 4.79 Å². The van der Waals surface area contributed by atoms with Gasteiger partial charge in [0.05, 0.1) is 0 Å². The third-order valence-corrected chi connectivity index (χ3v) is 4.97. The van der Waals surface area contributed by atoms with Gasteiger partial charge in [0.15, 0.2) is 0 Å². The lowest BCUT2D eigenvalue weighted by Gasteiger charge is -2.35. The first-order chi connectivity index (χ1) is 9.58. The fourth-order valence-electron chi connectivity index (χ4n) is 3.76. The van der Waals surface area contributed by atoms with Gasteiger partial charge in [-0.2, -0.15) is 0 Å². The maximum atomic E-state index is 12.8. The number of piperidine rings is 1. The molecule has 0 aromatic carbocycles. The number of hydrogen-bond donors (Lipinski definition) is 1. The van der Waals surface area contributed by atoms with Crippen LogP contribution in [0.5, 0.6) is 0 Å². The summed E-state index contributed by atoms with van der Waals surface area (Å²) in [6.07, 6.45) is 8.24. The van der Waals surface area contributed by atoms with Crippen molar-refractivity contribution in [2.24, 2.45) is 11.8 Å². The van der Waals surface area contributed by atoms with Gasteiger partial charge in [-0.05, 0) is 44.1 Å². The van der Waals surface area contributed by atoms with Crippen LogP contribution in [0.1, 0.15) is 65.7 Å². The molecule has 116 valence electrons. The summed E-state index contributed by atoms with van der Waals surface area (Å²) in [5, 5.41) is 3.55. The predicted molar refractivity (Wildman–Crippen MR) is 83.6 cm³/mol. The smallest absolute Gasteiger partial charge is 0.224 e. The summed E-state index contributed by atoms with van der Waals surface area (Å²) in [5.41, 5.74) is 0. The second kappa shape index (κ2) is 7.44. The number of nitrogens with zero attached hydrogens (tertiary/aromatic N) is 1. The second-order valence-electron chi connectivity index (χ2n) is 7.26. The van der Waals surface area contributed by atoms with Gasteiger partial charge in [-0.3, -0.25) is 4.79 Å². The fraction of sp³-hybridized carbons (Fsp3) is 0.941. The van der Waals surface area contributed by atoms with E-state index < -0.39 is 0 Å². The minimum atomic E-state index is 0.386. The zero-order valence-electron chi connectivity index (χ0n) is 13.5. The van der Waals surface area contributed by atoms with E-state index in [1.54, 1.807) is 0 Å². The summed E-state index contributed by atoms with van der Waals surface area (Å²) >= 11 is 0. The van der Waals surface area contributed by atoms with Crippen molar-refractivity contribution in [1.29, 1.82) is 0 Å². The van der Waals surface area contributed by atoms with Gasteiger partial charge in [0.2, 0.25) is 5.91 Å². The van der Waals surface area contributed by atoms with Gasteiger partial charge >= 0.3 is 0 Å². The molecule has 3 nitrogen and oxygen atoms in total. The molecule has 3 heteroatoms. The summed E-state index contributed by atoms with van der Waals surface area (Å²) in [4.78, 5) is 15.0. The van der Waals surface area contributed by atoms with E-state index in [2.05, 4.69) is 31.0 Å². The number of nitrogens with one attached hydrogen (secondary N) is 1. The molecule has 0 spiro atoms. The SMILES string of the molecule is CC(C)CN(C(=O)CC1NCCCC1C)C1CCCC1. The number of carbonyl (C=O) groups excluding carboxylic acids is 1. The zero-order valence-corrected chi connectivity index (χ0v) is 13.5. The first kappa shape index (κ1) is 15.8. The molecule has 1 saturated heterocycles. The van der Waals surface area contributed by atoms with E-state index >= 15 is 0 Å². The molecular formula is C17H32N2O. The fourth-order valence-corrected chi connectivity index (χ4v) is 3.76. The topological polar surface area (TPSA) is 32.3 Å². The number of carbonyl (C=O) groups is 1. The average molecular weight is 280 g/mol. The van der Waals surface area contributed by atoms with Crippen LogP contribution >= 0.6 is 0 Å². The summed E-state index contributed by atoms with van der Waals surface area (Å²) in [5.74, 6) is 1.59. The molecule has 2 fully saturated rings. The van der Waals surface area contributed by atoms with Crippen LogP contribution < -0.4 is 5.32 Å². The van der Waals surface area contributed by atoms with E-state index in [1.165, 1.54) is 38.5 Å². The number of amides is 1. The lowest BCUT2D eigenvalue weighted by Crippen LogP contribution is -2.47. The minimum Gasteiger partial charge on any atom is -0.339 e. The monoisotopic (exact) mass is 280 g/mol. The minimum absolute atomic E-state index is 0.386. The Morgan fingerprint density at radius 3 is 2.50 bits per heavy atom. The lowest BCUT2D eigenvalue weighted by molar-refractivity contribution is -0.135. The molecule has 20 heavy (non-hydrogen) atoms. The van der Waals surface area contributed by atoms with E-state index in [0.717, 1.165) is 13.1 Å². The second-order valence-corrected chi connectivity index (χ2v) is 7.26. The summed E-state index contributed by atoms with van der Waals surface area (Å²) in [6.45, 7) is 8.74. The normalized spacial score (nSPS) is 28.0. The highest BCUT2D eigenvalue weighted by molar-refractivity contribution is 5.77. The number of rotatable bonds is 5. The zero-order chi connectivity index (χ0) is 14.5. The van der Waals surface area contributed by atoms with Gasteiger partial charge in [-0.1, -0.05) is 33.6 Å². The first-order valence-corrected chi connectivity index (χ1v) is 8.60. The Hall–Kier alpha value is -0.570. The van der Waals surface area contributed by atoms with Gasteiger partial charge in [0, 0.05) is 25.0 Å². The highest BCUT2D eigenvalue weighted by Gasteiger charge is 2.30. The third kappa shape index (κ3) is 4.21. The molecule has 0 bridgehead atoms. The van der Waals surface area contributed by atoms with Crippen molar-refractivity contribution in [2.75, 3.05) is 13.1 Å². The molecule has 0 aromatic heterocycles. The van der Waals surface area contributed by atoms with Crippen LogP contribution in [0.15, 0.2) is 0 Å². The van der Waals surface area contributed by atoms with E-state index in [1.807, 2.05) is 0 Å². The maximum Gasteiger partial charge on any atom is 0.224 e. The van der Waals surface area contributed by atoms with E-state index in [-0.39, 0.29) is 0 Å². The first-order valence-electron chi connectivity index (χ1n) is 8.60. The molecule has 1 heterocycles. The van der Waals surface area contributed by atoms with Crippen molar-refractivity contribution in [3.05, 3.63) is 0 Å². The Morgan fingerprint density at radius 1 is 1.20 bits per heavy atom. The predicted octanol–water partition coefficient (Wildman–Crippen LogP) is 3.19. The van der Waals surface area contributed by atoms with Crippen molar-refractivity contribution in [1.82, 2.24) is 10.2 Å². The molecule has 2 unspecified atom stereocenters. The molecule has 1 aliphatic carbocycles. The molecule has 1 amide bonds. The molecule has 2 aliphatic rings. The van der Waals surface area contributed by atoms with Gasteiger partial charge in [0.25, 0.3) is 0 Å². The Labute approximate surface area is 124 Å². The van der Waals surface area contributed by atoms with Crippen LogP contribution in [-0.4, -0.2) is 36.0 Å². The van der Waals surface area contributed by atoms with Gasteiger partial charge in [-0.15, -0.1) is 0 Å². The molecule has 2 atom stereocenters. The molecule has 2 rings (SSSR count). The Morgan fingerprint density at radius 2 is 1.90 bits per heavy atom. The van der Waals surface area contributed by atoms with E-state index in [4.69, 9.17) is 0 Å². The molecule has 0 aromatic rings. The average Bonchev–Trinajstić information content (AvgIpc) is 2.92. The molecule has 0 radical (unpaired) electrons. The van der Waals surface area contributed by atoms with Crippen LogP contribution in [0.2, 0.25) is 0 Å². The summed E-state index contributed by atoms with van der Waals surface area (Å²) in [6, 6.07) is 0.913. The maximum absolute atomic E-state index is 12.8. The summed E-state index contributed by atoms with van der Waals surface area (Å²) in [7, 11) is 0. The van der Waals surface area contributed by atoms with Crippen molar-refractivity contribution in [3.8, 4) is 0 Å². The van der Waals surface area contributed by atoms with E-state index in [0.29, 0.717) is 36.2 Å². The Balaban J connectivity index is 1.94. The standard InChI is InChI=1S/C17H32N2O/c1-13(2)12-19(15-8-4-5-9-15)17(20)11-16-14(3)7-6-10-18-16/h13-16,18H,4-12H2,1-3H3. The van der Waals surface area contributed by atoms with Crippen LogP contribution in [0, 0.1) is 11.8 Å². The van der Waals surface area contributed by atoms with Crippen LogP contribution in [-0.2, 0) is 4.79 Å². The van der Waals surface area contributed by atoms with Crippen LogP contribution in [0.3, 0.4) is 0 Å². The van der Waals surface area contributed by atoms with Crippen LogP contribution in [0.4, 0.5) is 0 Å². The van der Waals surface area contributed by atoms with Crippen molar-refractivity contribution in [2.45, 2.75) is 77.8 Å². The largest absolute Gasteiger partial charge is 0.339 e. The highest BCUT2D eigenvalue weighted by atomic mass is 16.2. The van der Waals surface area contributed by atoms with Gasteiger partial charge < -0.3 is 10.2 Å². The van der Waals surface area contributed by atoms with Crippen molar-refractivity contribution < 1.29 is 4.79 Å². The Bertz CT molecular complexity index is 310. The Kier molecular flexibility index (Phi) is 5.88. The lowest BCUT2D eigenvalue weighted by atomic mass is 9.90. The quantitative estimate of drug-likeness (QED) is 0.839. The molecule has 1 aliphatic heterocycles. The molecule has 1 saturated carbocycles. The number of hydrogen-bond acceptors (Lipinski definition) is 2. The van der Waals surface area contributed by atoms with Crippen LogP contribution in [0.25, 0.3) is 0 Å². The van der Waals surface area contributed by atoms with Crippen molar-refractivity contribution in [3.63, 3.8) is 0 Å². The highest BCUT2D eigenvalue weighted by Crippen LogP contribution is 2.26. The molecular weight excluding hydrogens is 248 g/mol. The third-order valence-electron chi connectivity index (χ3n) is 4.97.